The molecule has 0 amide bonds. The fourth-order valence-electron chi connectivity index (χ4n) is 2.81. The average molecular weight is 286 g/mol. The fraction of sp³-hybridized carbons (Fsp3) is 0.600. The number of hydrogen-bond acceptors (Lipinski definition) is 3. The SMILES string of the molecule is COc1cccc([C@@H](N)[C@@H](O)C2CCCCC2)c1.Cl. The lowest BCUT2D eigenvalue weighted by Crippen LogP contribution is -2.34. The quantitative estimate of drug-likeness (QED) is 0.894. The summed E-state index contributed by atoms with van der Waals surface area (Å²) in [4.78, 5) is 0. The van der Waals surface area contributed by atoms with E-state index in [4.69, 9.17) is 10.5 Å². The van der Waals surface area contributed by atoms with Crippen molar-refractivity contribution in [2.24, 2.45) is 11.7 Å². The van der Waals surface area contributed by atoms with Crippen molar-refractivity contribution in [3.8, 4) is 5.75 Å². The second-order valence-electron chi connectivity index (χ2n) is 5.19. The van der Waals surface area contributed by atoms with Crippen molar-refractivity contribution in [2.75, 3.05) is 7.11 Å². The van der Waals surface area contributed by atoms with Gasteiger partial charge in [-0.2, -0.15) is 0 Å². The Morgan fingerprint density at radius 2 is 1.95 bits per heavy atom. The number of nitrogens with two attached hydrogens (primary N) is 1. The van der Waals surface area contributed by atoms with E-state index in [1.807, 2.05) is 24.3 Å². The lowest BCUT2D eigenvalue weighted by Gasteiger charge is -2.30. The molecule has 1 aromatic rings. The molecule has 0 heterocycles. The molecule has 1 fully saturated rings. The molecule has 108 valence electrons. The maximum absolute atomic E-state index is 10.4. The van der Waals surface area contributed by atoms with Gasteiger partial charge in [-0.05, 0) is 36.5 Å². The van der Waals surface area contributed by atoms with E-state index in [1.54, 1.807) is 7.11 Å². The molecule has 0 bridgehead atoms. The van der Waals surface area contributed by atoms with E-state index in [0.717, 1.165) is 24.2 Å². The minimum atomic E-state index is -0.447. The third-order valence-electron chi connectivity index (χ3n) is 3.98. The van der Waals surface area contributed by atoms with E-state index in [-0.39, 0.29) is 18.4 Å². The zero-order valence-electron chi connectivity index (χ0n) is 11.4. The van der Waals surface area contributed by atoms with Crippen LogP contribution in [0.5, 0.6) is 5.75 Å². The first-order valence-electron chi connectivity index (χ1n) is 6.80. The molecule has 0 aromatic heterocycles. The zero-order valence-corrected chi connectivity index (χ0v) is 12.2. The molecule has 1 aliphatic carbocycles. The van der Waals surface area contributed by atoms with Crippen LogP contribution in [0.15, 0.2) is 24.3 Å². The fourth-order valence-corrected chi connectivity index (χ4v) is 2.81. The summed E-state index contributed by atoms with van der Waals surface area (Å²) in [5, 5.41) is 10.4. The van der Waals surface area contributed by atoms with Gasteiger partial charge in [0.1, 0.15) is 5.75 Å². The highest BCUT2D eigenvalue weighted by atomic mass is 35.5. The summed E-state index contributed by atoms with van der Waals surface area (Å²) in [6.45, 7) is 0. The summed E-state index contributed by atoms with van der Waals surface area (Å²) >= 11 is 0. The van der Waals surface area contributed by atoms with Crippen LogP contribution < -0.4 is 10.5 Å². The van der Waals surface area contributed by atoms with E-state index in [1.165, 1.54) is 19.3 Å². The molecule has 3 N–H and O–H groups in total. The first-order chi connectivity index (χ1) is 8.72. The molecular weight excluding hydrogens is 262 g/mol. The Balaban J connectivity index is 0.00000180. The number of benzene rings is 1. The molecule has 4 heteroatoms. The van der Waals surface area contributed by atoms with Crippen molar-refractivity contribution in [2.45, 2.75) is 44.2 Å². The Morgan fingerprint density at radius 1 is 1.26 bits per heavy atom. The third-order valence-corrected chi connectivity index (χ3v) is 3.98. The average Bonchev–Trinajstić information content (AvgIpc) is 2.46. The van der Waals surface area contributed by atoms with Gasteiger partial charge >= 0.3 is 0 Å². The van der Waals surface area contributed by atoms with Crippen LogP contribution in [-0.2, 0) is 0 Å². The first kappa shape index (κ1) is 16.3. The normalized spacial score (nSPS) is 19.3. The number of halogens is 1. The van der Waals surface area contributed by atoms with Crippen LogP contribution >= 0.6 is 12.4 Å². The predicted molar refractivity (Wildman–Crippen MR) is 79.8 cm³/mol. The van der Waals surface area contributed by atoms with E-state index < -0.39 is 6.10 Å². The van der Waals surface area contributed by atoms with Crippen molar-refractivity contribution in [1.29, 1.82) is 0 Å². The van der Waals surface area contributed by atoms with Crippen molar-refractivity contribution in [3.63, 3.8) is 0 Å². The monoisotopic (exact) mass is 285 g/mol. The summed E-state index contributed by atoms with van der Waals surface area (Å²) in [6.07, 6.45) is 5.46. The largest absolute Gasteiger partial charge is 0.497 e. The molecule has 0 aliphatic heterocycles. The summed E-state index contributed by atoms with van der Waals surface area (Å²) in [5.41, 5.74) is 7.14. The van der Waals surface area contributed by atoms with Gasteiger partial charge in [-0.1, -0.05) is 31.4 Å². The van der Waals surface area contributed by atoms with Gasteiger partial charge < -0.3 is 15.6 Å². The molecule has 0 spiro atoms. The number of hydrogen-bond donors (Lipinski definition) is 2. The maximum Gasteiger partial charge on any atom is 0.119 e. The molecule has 1 saturated carbocycles. The van der Waals surface area contributed by atoms with E-state index in [0.29, 0.717) is 5.92 Å². The highest BCUT2D eigenvalue weighted by molar-refractivity contribution is 5.85. The molecule has 0 saturated heterocycles. The van der Waals surface area contributed by atoms with Gasteiger partial charge in [-0.15, -0.1) is 12.4 Å². The summed E-state index contributed by atoms with van der Waals surface area (Å²) in [6, 6.07) is 7.36. The van der Waals surface area contributed by atoms with E-state index in [2.05, 4.69) is 0 Å². The Morgan fingerprint density at radius 3 is 2.58 bits per heavy atom. The van der Waals surface area contributed by atoms with Crippen molar-refractivity contribution in [1.82, 2.24) is 0 Å². The standard InChI is InChI=1S/C15H23NO2.ClH/c1-18-13-9-5-8-12(10-13)14(16)15(17)11-6-3-2-4-7-11;/h5,8-11,14-15,17H,2-4,6-7,16H2,1H3;1H/t14-,15+;/m1./s1. The second kappa shape index (κ2) is 7.73. The molecule has 2 atom stereocenters. The van der Waals surface area contributed by atoms with Crippen LogP contribution in [-0.4, -0.2) is 18.3 Å². The predicted octanol–water partition coefficient (Wildman–Crippen LogP) is 3.06. The molecule has 19 heavy (non-hydrogen) atoms. The lowest BCUT2D eigenvalue weighted by atomic mass is 9.81. The van der Waals surface area contributed by atoms with Crippen LogP contribution in [0.1, 0.15) is 43.7 Å². The van der Waals surface area contributed by atoms with Crippen LogP contribution in [0.25, 0.3) is 0 Å². The number of aliphatic hydroxyl groups excluding tert-OH is 1. The van der Waals surface area contributed by atoms with Crippen molar-refractivity contribution in [3.05, 3.63) is 29.8 Å². The second-order valence-corrected chi connectivity index (χ2v) is 5.19. The van der Waals surface area contributed by atoms with E-state index in [9.17, 15) is 5.11 Å². The van der Waals surface area contributed by atoms with Crippen molar-refractivity contribution >= 4 is 12.4 Å². The highest BCUT2D eigenvalue weighted by Crippen LogP contribution is 2.32. The number of methoxy groups -OCH3 is 1. The zero-order chi connectivity index (χ0) is 13.0. The van der Waals surface area contributed by atoms with Crippen LogP contribution in [0.4, 0.5) is 0 Å². The number of rotatable bonds is 4. The topological polar surface area (TPSA) is 55.5 Å². The Labute approximate surface area is 121 Å². The molecule has 1 aliphatic rings. The van der Waals surface area contributed by atoms with Crippen molar-refractivity contribution < 1.29 is 9.84 Å². The molecule has 1 aromatic carbocycles. The van der Waals surface area contributed by atoms with E-state index >= 15 is 0 Å². The van der Waals surface area contributed by atoms with Gasteiger partial charge in [0.2, 0.25) is 0 Å². The Bertz CT molecular complexity index is 380. The molecule has 0 radical (unpaired) electrons. The molecular formula is C15H24ClNO2. The number of aliphatic hydroxyl groups is 1. The minimum absolute atomic E-state index is 0. The van der Waals surface area contributed by atoms with Gasteiger partial charge in [0.05, 0.1) is 19.3 Å². The van der Waals surface area contributed by atoms with Gasteiger partial charge in [0, 0.05) is 0 Å². The van der Waals surface area contributed by atoms with Gasteiger partial charge in [0.15, 0.2) is 0 Å². The smallest absolute Gasteiger partial charge is 0.119 e. The lowest BCUT2D eigenvalue weighted by molar-refractivity contribution is 0.0617. The Hall–Kier alpha value is -0.770. The summed E-state index contributed by atoms with van der Waals surface area (Å²) in [5.74, 6) is 1.14. The van der Waals surface area contributed by atoms with Gasteiger partial charge in [-0.3, -0.25) is 0 Å². The van der Waals surface area contributed by atoms with Crippen LogP contribution in [0.3, 0.4) is 0 Å². The third kappa shape index (κ3) is 4.10. The molecule has 2 rings (SSSR count). The van der Waals surface area contributed by atoms with Crippen LogP contribution in [0.2, 0.25) is 0 Å². The maximum atomic E-state index is 10.4. The number of ether oxygens (including phenoxy) is 1. The molecule has 3 nitrogen and oxygen atoms in total. The van der Waals surface area contributed by atoms with Gasteiger partial charge in [0.25, 0.3) is 0 Å². The van der Waals surface area contributed by atoms with Gasteiger partial charge in [-0.25, -0.2) is 0 Å². The minimum Gasteiger partial charge on any atom is -0.497 e. The first-order valence-corrected chi connectivity index (χ1v) is 6.80. The Kier molecular flexibility index (Phi) is 6.63. The summed E-state index contributed by atoms with van der Waals surface area (Å²) < 4.78 is 5.19. The summed E-state index contributed by atoms with van der Waals surface area (Å²) in [7, 11) is 1.64. The molecule has 0 unspecified atom stereocenters. The highest BCUT2D eigenvalue weighted by Gasteiger charge is 2.27. The van der Waals surface area contributed by atoms with Crippen LogP contribution in [0, 0.1) is 5.92 Å².